The highest BCUT2D eigenvalue weighted by Crippen LogP contribution is 2.35. The number of benzene rings is 6. The van der Waals surface area contributed by atoms with E-state index in [0.29, 0.717) is 41.2 Å². The van der Waals surface area contributed by atoms with Gasteiger partial charge in [-0.25, -0.2) is 0 Å². The molecule has 482 valence electrons. The second-order valence-corrected chi connectivity index (χ2v) is 27.8. The van der Waals surface area contributed by atoms with E-state index >= 15 is 0 Å². The van der Waals surface area contributed by atoms with Crippen LogP contribution in [0, 0.1) is 11.8 Å². The normalized spacial score (nSPS) is 17.8. The Hall–Kier alpha value is -7.37. The average molecular weight is 1240 g/mol. The number of para-hydroxylation sites is 3. The summed E-state index contributed by atoms with van der Waals surface area (Å²) in [6, 6.07) is 58.5. The Morgan fingerprint density at radius 1 is 0.440 bits per heavy atom. The number of hydrogen-bond donors (Lipinski definition) is 0. The molecule has 91 heavy (non-hydrogen) atoms. The van der Waals surface area contributed by atoms with Crippen molar-refractivity contribution in [3.63, 3.8) is 0 Å². The first kappa shape index (κ1) is 69.5. The summed E-state index contributed by atoms with van der Waals surface area (Å²) in [5.74, 6) is 1.38. The molecule has 0 N–H and O–H groups in total. The third kappa shape index (κ3) is 19.1. The van der Waals surface area contributed by atoms with E-state index in [2.05, 4.69) is 282 Å². The van der Waals surface area contributed by atoms with Crippen molar-refractivity contribution in [3.05, 3.63) is 233 Å². The molecule has 0 saturated carbocycles. The van der Waals surface area contributed by atoms with Crippen LogP contribution in [0.15, 0.2) is 206 Å². The lowest BCUT2D eigenvalue weighted by atomic mass is 9.92. The Balaban J connectivity index is 0.000000137. The number of carbonyl (C=O) groups is 2. The van der Waals surface area contributed by atoms with Gasteiger partial charge in [-0.15, -0.1) is 0 Å². The molecule has 2 unspecified atom stereocenters. The number of amides is 2. The summed E-state index contributed by atoms with van der Waals surface area (Å²) in [6.07, 6.45) is 22.4. The highest BCUT2D eigenvalue weighted by molar-refractivity contribution is 8.18. The number of allylic oxidation sites excluding steroid dienone is 2. The van der Waals surface area contributed by atoms with Gasteiger partial charge in [0.05, 0.1) is 4.91 Å². The molecule has 9 nitrogen and oxygen atoms in total. The molecule has 0 spiro atoms. The predicted octanol–water partition coefficient (Wildman–Crippen LogP) is 19.4. The summed E-state index contributed by atoms with van der Waals surface area (Å²) in [7, 11) is 0. The molecule has 6 aromatic carbocycles. The summed E-state index contributed by atoms with van der Waals surface area (Å²) >= 11 is 1.00. The molecule has 2 aromatic heterocycles. The van der Waals surface area contributed by atoms with Crippen molar-refractivity contribution in [1.29, 1.82) is 0 Å². The van der Waals surface area contributed by atoms with E-state index in [-0.39, 0.29) is 17.2 Å². The maximum Gasteiger partial charge on any atom is 0.293 e. The van der Waals surface area contributed by atoms with Gasteiger partial charge in [0, 0.05) is 117 Å². The van der Waals surface area contributed by atoms with E-state index in [4.69, 9.17) is 0 Å². The highest BCUT2D eigenvalue weighted by Gasteiger charge is 2.37. The van der Waals surface area contributed by atoms with E-state index < -0.39 is 0 Å². The molecule has 8 aromatic rings. The maximum absolute atomic E-state index is 12.0. The van der Waals surface area contributed by atoms with E-state index in [1.807, 2.05) is 44.2 Å². The van der Waals surface area contributed by atoms with Crippen molar-refractivity contribution < 1.29 is 9.59 Å². The van der Waals surface area contributed by atoms with Gasteiger partial charge in [-0.1, -0.05) is 158 Å². The first-order chi connectivity index (χ1) is 43.8. The fraction of sp³-hybridized carbons (Fsp3) is 0.407. The largest absolute Gasteiger partial charge is 0.369 e. The number of anilines is 2. The number of aromatic nitrogens is 2. The number of imide groups is 1. The second kappa shape index (κ2) is 33.8. The van der Waals surface area contributed by atoms with Gasteiger partial charge in [-0.3, -0.25) is 24.3 Å². The molecule has 2 atom stereocenters. The third-order valence-corrected chi connectivity index (χ3v) is 18.9. The minimum absolute atomic E-state index is 0.0934. The molecule has 2 saturated heterocycles. The van der Waals surface area contributed by atoms with Crippen LogP contribution in [-0.2, 0) is 30.6 Å². The molecule has 6 aliphatic rings. The van der Waals surface area contributed by atoms with Crippen LogP contribution in [-0.4, -0.2) is 97.9 Å². The van der Waals surface area contributed by atoms with Gasteiger partial charge in [0.15, 0.2) is 0 Å². The van der Waals surface area contributed by atoms with Crippen LogP contribution < -0.4 is 9.80 Å². The zero-order chi connectivity index (χ0) is 65.1. The van der Waals surface area contributed by atoms with E-state index in [0.717, 1.165) is 35.7 Å². The number of thioether (sulfide) groups is 1. The quantitative estimate of drug-likeness (QED) is 0.141. The zero-order valence-corrected chi connectivity index (χ0v) is 58.1. The van der Waals surface area contributed by atoms with Crippen molar-refractivity contribution in [2.24, 2.45) is 11.8 Å². The van der Waals surface area contributed by atoms with E-state index in [1.165, 1.54) is 113 Å². The van der Waals surface area contributed by atoms with Crippen molar-refractivity contribution in [2.75, 3.05) is 42.5 Å². The van der Waals surface area contributed by atoms with E-state index in [1.54, 1.807) is 11.6 Å². The third-order valence-electron chi connectivity index (χ3n) is 18.0. The number of likely N-dealkylation sites (tertiary alicyclic amines) is 1. The average Bonchev–Trinajstić information content (AvgIpc) is 3.04. The topological polar surface area (TPSA) is 60.2 Å². The predicted molar refractivity (Wildman–Crippen MR) is 392 cm³/mol. The van der Waals surface area contributed by atoms with Gasteiger partial charge in [0.1, 0.15) is 0 Å². The molecule has 0 radical (unpaired) electrons. The van der Waals surface area contributed by atoms with Crippen LogP contribution in [0.1, 0.15) is 143 Å². The minimum atomic E-state index is -0.196. The summed E-state index contributed by atoms with van der Waals surface area (Å²) in [6.45, 7) is 37.9. The lowest BCUT2D eigenvalue weighted by molar-refractivity contribution is -0.123. The second-order valence-electron chi connectivity index (χ2n) is 26.8. The molecule has 0 bridgehead atoms. The van der Waals surface area contributed by atoms with Gasteiger partial charge in [-0.05, 0) is 221 Å². The number of carbonyl (C=O) groups excluding carboxylic acids is 2. The zero-order valence-electron chi connectivity index (χ0n) is 57.3. The van der Waals surface area contributed by atoms with Crippen molar-refractivity contribution in [2.45, 2.75) is 171 Å². The van der Waals surface area contributed by atoms with Gasteiger partial charge >= 0.3 is 0 Å². The summed E-state index contributed by atoms with van der Waals surface area (Å²) in [5, 5.41) is 3.79. The van der Waals surface area contributed by atoms with Gasteiger partial charge < -0.3 is 18.9 Å². The summed E-state index contributed by atoms with van der Waals surface area (Å²) in [4.78, 5) is 35.5. The fourth-order valence-electron chi connectivity index (χ4n) is 12.7. The molecular weight excluding hydrogens is 1140 g/mol. The molecule has 1 aliphatic carbocycles. The smallest absolute Gasteiger partial charge is 0.293 e. The van der Waals surface area contributed by atoms with Crippen molar-refractivity contribution in [3.8, 4) is 0 Å². The first-order valence-corrected chi connectivity index (χ1v) is 34.6. The fourth-order valence-corrected chi connectivity index (χ4v) is 13.6. The molecule has 2 fully saturated rings. The van der Waals surface area contributed by atoms with Gasteiger partial charge in [0.25, 0.3) is 11.1 Å². The van der Waals surface area contributed by atoms with Gasteiger partial charge in [0.2, 0.25) is 0 Å². The summed E-state index contributed by atoms with van der Waals surface area (Å²) in [5.41, 5.74) is 11.2. The van der Waals surface area contributed by atoms with Crippen LogP contribution in [0.25, 0.3) is 27.8 Å². The van der Waals surface area contributed by atoms with Crippen LogP contribution in [0.4, 0.5) is 16.2 Å². The number of nitrogens with zero attached hydrogens (tertiary/aromatic N) is 7. The van der Waals surface area contributed by atoms with Crippen molar-refractivity contribution in [1.82, 2.24) is 23.8 Å². The summed E-state index contributed by atoms with van der Waals surface area (Å²) < 4.78 is 4.53. The first-order valence-electron chi connectivity index (χ1n) is 33.8. The molecule has 14 rings (SSSR count). The Morgan fingerprint density at radius 3 is 1.47 bits per heavy atom. The Labute approximate surface area is 551 Å². The Bertz CT molecular complexity index is 3600. The Morgan fingerprint density at radius 2 is 0.934 bits per heavy atom. The SMILES string of the molecule is CC(C)N1C(=O)S/C(=C/c2ccccc2)C1=O.CC(C)N1CC2C=CC=CC2C1.CC(C)N1CCCc2ccccc21.CC(C)N1CCc2ccccc21.CC(C)N1CCc2ccccc2C1.CC(C)n1cc2ccccc2c1.CC(C)n1ccc2ccccc21. The van der Waals surface area contributed by atoms with Crippen LogP contribution in [0.5, 0.6) is 0 Å². The van der Waals surface area contributed by atoms with Crippen LogP contribution >= 0.6 is 11.8 Å². The van der Waals surface area contributed by atoms with E-state index in [9.17, 15) is 9.59 Å². The van der Waals surface area contributed by atoms with Crippen LogP contribution in [0.3, 0.4) is 0 Å². The Kier molecular flexibility index (Phi) is 25.8. The number of hydrogen-bond acceptors (Lipinski definition) is 7. The number of fused-ring (bicyclic) bond motifs is 6. The number of aryl methyl sites for hydroxylation is 1. The molecule has 7 heterocycles. The highest BCUT2D eigenvalue weighted by atomic mass is 32.2. The molecule has 2 amide bonds. The standard InChI is InChI=1S/C13H13NO2S.2C12H17N.C11H17N.C11H13N.C11H15N.C11H13N/c1-9(2)14-12(15)11(17-13(14)16)8-10-6-4-3-5-7-10;1-10(2)13-9-5-7-11-6-3-4-8-12(11)13;1-10(2)13-8-7-11-5-3-4-6-12(11)9-13;2*1-9(2)12-7-10-5-3-4-6-11(10)8-12;2*1-9(2)12-8-7-10-5-3-4-6-11(10)12/h3-9H,1-2H3;3-4,6,8,10H,5,7,9H2,1-2H3;3-6,10H,7-9H2,1-2H3;3-6,9-11H,7-8H2,1-2H3;3-9H,1-2H3;3-6,9H,7-8H2,1-2H3;3-9H,1-2H3/b11-8+;;;;;;. The molecule has 10 heteroatoms. The molecular formula is C81H105N7O2S. The van der Waals surface area contributed by atoms with Gasteiger partial charge in [-0.2, -0.15) is 0 Å². The monoisotopic (exact) mass is 1240 g/mol. The van der Waals surface area contributed by atoms with Crippen molar-refractivity contribution >= 4 is 62.0 Å². The number of rotatable bonds is 8. The minimum Gasteiger partial charge on any atom is -0.369 e. The van der Waals surface area contributed by atoms with Crippen LogP contribution in [0.2, 0.25) is 0 Å². The lowest BCUT2D eigenvalue weighted by Gasteiger charge is -2.34. The maximum atomic E-state index is 12.0. The lowest BCUT2D eigenvalue weighted by Crippen LogP contribution is -2.35. The molecule has 5 aliphatic heterocycles.